The number of hydrogen-bond donors (Lipinski definition) is 2. The highest BCUT2D eigenvalue weighted by molar-refractivity contribution is 6.35. The lowest BCUT2D eigenvalue weighted by atomic mass is 10.1. The Kier molecular flexibility index (Phi) is 4.66. The van der Waals surface area contributed by atoms with Gasteiger partial charge in [-0.2, -0.15) is 5.10 Å². The number of aryl methyl sites for hydroxylation is 1. The average molecular weight is 413 g/mol. The summed E-state index contributed by atoms with van der Waals surface area (Å²) < 4.78 is 1.64. The van der Waals surface area contributed by atoms with Gasteiger partial charge in [0, 0.05) is 11.2 Å². The van der Waals surface area contributed by atoms with Crippen LogP contribution in [0.25, 0.3) is 16.7 Å². The number of amides is 1. The molecule has 2 heterocycles. The molecule has 0 spiro atoms. The molecular formula is C20H14Cl2N4O2. The number of para-hydroxylation sites is 1. The van der Waals surface area contributed by atoms with Crippen LogP contribution in [0.1, 0.15) is 16.1 Å². The first kappa shape index (κ1) is 18.3. The van der Waals surface area contributed by atoms with Crippen molar-refractivity contribution in [1.29, 1.82) is 0 Å². The molecule has 2 aromatic heterocycles. The Morgan fingerprint density at radius 2 is 1.89 bits per heavy atom. The predicted molar refractivity (Wildman–Crippen MR) is 111 cm³/mol. The smallest absolute Gasteiger partial charge is 0.261 e. The topological polar surface area (TPSA) is 79.8 Å². The number of aromatic amines is 1. The molecule has 28 heavy (non-hydrogen) atoms. The Balaban J connectivity index is 1.78. The lowest BCUT2D eigenvalue weighted by molar-refractivity contribution is 0.102. The van der Waals surface area contributed by atoms with Gasteiger partial charge in [0.25, 0.3) is 5.91 Å². The molecule has 2 N–H and O–H groups in total. The number of aromatic nitrogens is 3. The summed E-state index contributed by atoms with van der Waals surface area (Å²) in [6.07, 6.45) is 1.37. The summed E-state index contributed by atoms with van der Waals surface area (Å²) in [5, 5.41) is 8.17. The summed E-state index contributed by atoms with van der Waals surface area (Å²) in [5.41, 5.74) is 1.72. The molecule has 140 valence electrons. The van der Waals surface area contributed by atoms with E-state index in [0.717, 1.165) is 5.69 Å². The highest BCUT2D eigenvalue weighted by Crippen LogP contribution is 2.26. The Morgan fingerprint density at radius 3 is 2.64 bits per heavy atom. The maximum Gasteiger partial charge on any atom is 0.261 e. The fourth-order valence-electron chi connectivity index (χ4n) is 2.98. The van der Waals surface area contributed by atoms with Crippen molar-refractivity contribution in [2.24, 2.45) is 0 Å². The Bertz CT molecular complexity index is 1260. The standard InChI is InChI=1S/C20H14Cl2N4O2/c1-11-17-18(27)14(20(28)24-16-9-12(21)7-8-15(16)22)10-23-19(17)26(25-11)13-5-3-2-4-6-13/h2-10H,1H3,(H,23,27)(H,24,28). The van der Waals surface area contributed by atoms with Crippen molar-refractivity contribution >= 4 is 45.8 Å². The zero-order valence-electron chi connectivity index (χ0n) is 14.7. The second-order valence-corrected chi connectivity index (χ2v) is 7.01. The second-order valence-electron chi connectivity index (χ2n) is 6.17. The maximum atomic E-state index is 13.0. The highest BCUT2D eigenvalue weighted by atomic mass is 35.5. The number of fused-ring (bicyclic) bond motifs is 1. The van der Waals surface area contributed by atoms with Gasteiger partial charge in [-0.25, -0.2) is 4.68 Å². The minimum Gasteiger partial charge on any atom is -0.345 e. The van der Waals surface area contributed by atoms with Gasteiger partial charge < -0.3 is 10.3 Å². The van der Waals surface area contributed by atoms with E-state index in [9.17, 15) is 9.59 Å². The monoisotopic (exact) mass is 412 g/mol. The van der Waals surface area contributed by atoms with Gasteiger partial charge in [-0.05, 0) is 37.3 Å². The van der Waals surface area contributed by atoms with E-state index in [0.29, 0.717) is 32.5 Å². The molecule has 0 aliphatic heterocycles. The molecule has 0 unspecified atom stereocenters. The van der Waals surface area contributed by atoms with Crippen molar-refractivity contribution < 1.29 is 4.79 Å². The van der Waals surface area contributed by atoms with Crippen LogP contribution in [0.4, 0.5) is 5.69 Å². The zero-order chi connectivity index (χ0) is 19.8. The Labute approximate surface area is 169 Å². The number of anilines is 1. The molecule has 0 saturated carbocycles. The minimum atomic E-state index is -0.584. The van der Waals surface area contributed by atoms with Gasteiger partial charge in [-0.15, -0.1) is 0 Å². The number of nitrogens with zero attached hydrogens (tertiary/aromatic N) is 2. The highest BCUT2D eigenvalue weighted by Gasteiger charge is 2.19. The third-order valence-electron chi connectivity index (χ3n) is 4.31. The quantitative estimate of drug-likeness (QED) is 0.516. The van der Waals surface area contributed by atoms with Gasteiger partial charge in [-0.3, -0.25) is 9.59 Å². The van der Waals surface area contributed by atoms with Crippen LogP contribution in [0, 0.1) is 6.92 Å². The molecule has 6 nitrogen and oxygen atoms in total. The van der Waals surface area contributed by atoms with Crippen molar-refractivity contribution in [1.82, 2.24) is 14.8 Å². The van der Waals surface area contributed by atoms with E-state index in [1.807, 2.05) is 30.3 Å². The molecule has 0 saturated heterocycles. The molecule has 1 amide bonds. The van der Waals surface area contributed by atoms with Crippen molar-refractivity contribution in [2.75, 3.05) is 5.32 Å². The van der Waals surface area contributed by atoms with E-state index >= 15 is 0 Å². The van der Waals surface area contributed by atoms with Crippen LogP contribution in [0.2, 0.25) is 10.0 Å². The normalized spacial score (nSPS) is 11.0. The first-order chi connectivity index (χ1) is 13.5. The average Bonchev–Trinajstić information content (AvgIpc) is 3.03. The molecule has 0 fully saturated rings. The molecule has 0 radical (unpaired) electrons. The lowest BCUT2D eigenvalue weighted by Crippen LogP contribution is -2.22. The molecule has 0 bridgehead atoms. The van der Waals surface area contributed by atoms with Crippen LogP contribution in [0.15, 0.2) is 59.5 Å². The number of carbonyl (C=O) groups excluding carboxylic acids is 1. The van der Waals surface area contributed by atoms with Crippen LogP contribution < -0.4 is 10.7 Å². The van der Waals surface area contributed by atoms with E-state index in [4.69, 9.17) is 23.2 Å². The lowest BCUT2D eigenvalue weighted by Gasteiger charge is -2.08. The van der Waals surface area contributed by atoms with Gasteiger partial charge in [0.1, 0.15) is 11.2 Å². The summed E-state index contributed by atoms with van der Waals surface area (Å²) >= 11 is 12.0. The van der Waals surface area contributed by atoms with Crippen molar-refractivity contribution in [3.8, 4) is 5.69 Å². The van der Waals surface area contributed by atoms with E-state index in [2.05, 4.69) is 15.4 Å². The third kappa shape index (κ3) is 3.17. The Hall–Kier alpha value is -3.09. The van der Waals surface area contributed by atoms with Crippen LogP contribution in [0.5, 0.6) is 0 Å². The minimum absolute atomic E-state index is 0.0424. The van der Waals surface area contributed by atoms with Crippen molar-refractivity contribution in [3.63, 3.8) is 0 Å². The van der Waals surface area contributed by atoms with Crippen LogP contribution in [0.3, 0.4) is 0 Å². The fraction of sp³-hybridized carbons (Fsp3) is 0.0500. The molecule has 4 aromatic rings. The zero-order valence-corrected chi connectivity index (χ0v) is 16.2. The number of H-pyrrole nitrogens is 1. The predicted octanol–water partition coefficient (Wildman–Crippen LogP) is 4.58. The Morgan fingerprint density at radius 1 is 1.14 bits per heavy atom. The van der Waals surface area contributed by atoms with Crippen LogP contribution in [-0.2, 0) is 0 Å². The number of hydrogen-bond acceptors (Lipinski definition) is 3. The summed E-state index contributed by atoms with van der Waals surface area (Å²) in [4.78, 5) is 28.7. The first-order valence-electron chi connectivity index (χ1n) is 8.38. The number of rotatable bonds is 3. The SMILES string of the molecule is Cc1nn(-c2ccccc2)c2[nH]cc(C(=O)Nc3cc(Cl)ccc3Cl)c(=O)c12. The molecule has 0 atom stereocenters. The summed E-state index contributed by atoms with van der Waals surface area (Å²) in [7, 11) is 0. The molecule has 2 aromatic carbocycles. The number of nitrogens with one attached hydrogen (secondary N) is 2. The van der Waals surface area contributed by atoms with E-state index < -0.39 is 11.3 Å². The molecule has 8 heteroatoms. The second kappa shape index (κ2) is 7.14. The summed E-state index contributed by atoms with van der Waals surface area (Å²) in [6, 6.07) is 14.1. The number of pyridine rings is 1. The molecular weight excluding hydrogens is 399 g/mol. The van der Waals surface area contributed by atoms with Gasteiger partial charge in [0.05, 0.1) is 27.5 Å². The van der Waals surface area contributed by atoms with Gasteiger partial charge in [0.15, 0.2) is 0 Å². The molecule has 0 aliphatic rings. The largest absolute Gasteiger partial charge is 0.345 e. The van der Waals surface area contributed by atoms with Crippen LogP contribution in [-0.4, -0.2) is 20.7 Å². The van der Waals surface area contributed by atoms with Gasteiger partial charge >= 0.3 is 0 Å². The summed E-state index contributed by atoms with van der Waals surface area (Å²) in [6.45, 7) is 1.73. The fourth-order valence-corrected chi connectivity index (χ4v) is 3.32. The summed E-state index contributed by atoms with van der Waals surface area (Å²) in [5.74, 6) is -0.584. The van der Waals surface area contributed by atoms with Crippen molar-refractivity contribution in [2.45, 2.75) is 6.92 Å². The van der Waals surface area contributed by atoms with E-state index in [-0.39, 0.29) is 5.56 Å². The number of halogens is 2. The van der Waals surface area contributed by atoms with Crippen LogP contribution >= 0.6 is 23.2 Å². The first-order valence-corrected chi connectivity index (χ1v) is 9.14. The maximum absolute atomic E-state index is 13.0. The number of benzene rings is 2. The van der Waals surface area contributed by atoms with Crippen molar-refractivity contribution in [3.05, 3.63) is 86.3 Å². The number of carbonyl (C=O) groups is 1. The van der Waals surface area contributed by atoms with Gasteiger partial charge in [-0.1, -0.05) is 41.4 Å². The van der Waals surface area contributed by atoms with E-state index in [1.54, 1.807) is 23.7 Å². The third-order valence-corrected chi connectivity index (χ3v) is 4.87. The molecule has 4 rings (SSSR count). The van der Waals surface area contributed by atoms with Gasteiger partial charge in [0.2, 0.25) is 5.43 Å². The van der Waals surface area contributed by atoms with E-state index in [1.165, 1.54) is 12.3 Å². The molecule has 0 aliphatic carbocycles.